The molecule has 0 saturated carbocycles. The van der Waals surface area contributed by atoms with Crippen molar-refractivity contribution in [2.45, 2.75) is 6.92 Å². The van der Waals surface area contributed by atoms with Crippen molar-refractivity contribution in [3.63, 3.8) is 0 Å². The van der Waals surface area contributed by atoms with E-state index in [-0.39, 0.29) is 11.6 Å². The van der Waals surface area contributed by atoms with E-state index >= 15 is 0 Å². The number of aromatic nitrogens is 3. The maximum atomic E-state index is 12.8. The van der Waals surface area contributed by atoms with Crippen molar-refractivity contribution in [1.82, 2.24) is 14.8 Å². The van der Waals surface area contributed by atoms with Gasteiger partial charge in [0.1, 0.15) is 0 Å². The van der Waals surface area contributed by atoms with E-state index in [1.165, 1.54) is 0 Å². The number of ether oxygens (including phenoxy) is 1. The number of hydrogen-bond acceptors (Lipinski definition) is 5. The molecule has 0 aliphatic carbocycles. The van der Waals surface area contributed by atoms with Gasteiger partial charge in [-0.2, -0.15) is 0 Å². The van der Waals surface area contributed by atoms with E-state index in [4.69, 9.17) is 4.74 Å². The van der Waals surface area contributed by atoms with E-state index in [0.717, 1.165) is 32.4 Å². The topological polar surface area (TPSA) is 74.1 Å². The van der Waals surface area contributed by atoms with Crippen LogP contribution in [0, 0.1) is 6.92 Å². The standard InChI is InChI=1S/C30H22BrN3O3/c1-20-7-9-24(10-8-20)29-32-28(33-34(29)26-17-15-25(31)16-18-26)30(36)37-19-27(35)23-13-11-22(12-14-23)21-5-3-2-4-6-21/h2-18H,19H2,1H3. The lowest BCUT2D eigenvalue weighted by Crippen LogP contribution is -2.15. The third-order valence-electron chi connectivity index (χ3n) is 5.82. The van der Waals surface area contributed by atoms with Crippen LogP contribution >= 0.6 is 15.9 Å². The number of halogens is 1. The highest BCUT2D eigenvalue weighted by Gasteiger charge is 2.21. The molecule has 6 nitrogen and oxygen atoms in total. The van der Waals surface area contributed by atoms with Crippen molar-refractivity contribution < 1.29 is 14.3 Å². The van der Waals surface area contributed by atoms with Crippen LogP contribution in [0.15, 0.2) is 108 Å². The van der Waals surface area contributed by atoms with Crippen molar-refractivity contribution >= 4 is 27.7 Å². The molecule has 4 aromatic carbocycles. The van der Waals surface area contributed by atoms with E-state index in [2.05, 4.69) is 26.0 Å². The minimum atomic E-state index is -0.765. The van der Waals surface area contributed by atoms with Gasteiger partial charge in [-0.05, 0) is 42.3 Å². The fraction of sp³-hybridized carbons (Fsp3) is 0.0667. The molecule has 0 bridgehead atoms. The van der Waals surface area contributed by atoms with Gasteiger partial charge in [0.05, 0.1) is 5.69 Å². The second-order valence-corrected chi connectivity index (χ2v) is 9.37. The summed E-state index contributed by atoms with van der Waals surface area (Å²) in [4.78, 5) is 30.0. The Morgan fingerprint density at radius 3 is 2.08 bits per heavy atom. The van der Waals surface area contributed by atoms with E-state index in [1.54, 1.807) is 16.8 Å². The van der Waals surface area contributed by atoms with Crippen LogP contribution in [0.5, 0.6) is 0 Å². The first-order valence-electron chi connectivity index (χ1n) is 11.6. The first kappa shape index (κ1) is 24.3. The van der Waals surface area contributed by atoms with Crippen molar-refractivity contribution in [3.8, 4) is 28.2 Å². The van der Waals surface area contributed by atoms with Gasteiger partial charge in [0.2, 0.25) is 0 Å². The molecule has 182 valence electrons. The minimum absolute atomic E-state index is 0.120. The van der Waals surface area contributed by atoms with Crippen molar-refractivity contribution in [3.05, 3.63) is 125 Å². The molecule has 0 radical (unpaired) electrons. The van der Waals surface area contributed by atoms with Gasteiger partial charge >= 0.3 is 5.97 Å². The summed E-state index contributed by atoms with van der Waals surface area (Å²) in [7, 11) is 0. The SMILES string of the molecule is Cc1ccc(-c2nc(C(=O)OCC(=O)c3ccc(-c4ccccc4)cc3)nn2-c2ccc(Br)cc2)cc1. The Balaban J connectivity index is 1.34. The first-order chi connectivity index (χ1) is 18.0. The average molecular weight is 552 g/mol. The van der Waals surface area contributed by atoms with Crippen LogP contribution in [0.1, 0.15) is 26.5 Å². The summed E-state index contributed by atoms with van der Waals surface area (Å²) in [6, 6.07) is 32.4. The number of ketones is 1. The van der Waals surface area contributed by atoms with E-state index in [1.807, 2.05) is 97.9 Å². The number of esters is 1. The minimum Gasteiger partial charge on any atom is -0.451 e. The van der Waals surface area contributed by atoms with Crippen molar-refractivity contribution in [2.24, 2.45) is 0 Å². The van der Waals surface area contributed by atoms with E-state index < -0.39 is 12.6 Å². The quantitative estimate of drug-likeness (QED) is 0.166. The Morgan fingerprint density at radius 1 is 0.784 bits per heavy atom. The molecule has 0 atom stereocenters. The molecule has 0 unspecified atom stereocenters. The molecule has 37 heavy (non-hydrogen) atoms. The van der Waals surface area contributed by atoms with Crippen LogP contribution in [0.25, 0.3) is 28.2 Å². The van der Waals surface area contributed by atoms with Gasteiger partial charge in [0, 0.05) is 15.6 Å². The molecule has 0 N–H and O–H groups in total. The van der Waals surface area contributed by atoms with Gasteiger partial charge < -0.3 is 4.74 Å². The molecule has 1 aromatic heterocycles. The summed E-state index contributed by atoms with van der Waals surface area (Å²) >= 11 is 3.44. The summed E-state index contributed by atoms with van der Waals surface area (Å²) < 4.78 is 7.82. The van der Waals surface area contributed by atoms with E-state index in [9.17, 15) is 9.59 Å². The third-order valence-corrected chi connectivity index (χ3v) is 6.35. The highest BCUT2D eigenvalue weighted by molar-refractivity contribution is 9.10. The summed E-state index contributed by atoms with van der Waals surface area (Å²) in [5, 5.41) is 4.41. The largest absolute Gasteiger partial charge is 0.451 e. The maximum absolute atomic E-state index is 12.8. The number of carbonyl (C=O) groups excluding carboxylic acids is 2. The smallest absolute Gasteiger partial charge is 0.378 e. The first-order valence-corrected chi connectivity index (χ1v) is 12.4. The number of hydrogen-bond donors (Lipinski definition) is 0. The lowest BCUT2D eigenvalue weighted by atomic mass is 10.0. The summed E-state index contributed by atoms with van der Waals surface area (Å²) in [6.45, 7) is 1.59. The Kier molecular flexibility index (Phi) is 7.05. The molecule has 7 heteroatoms. The normalized spacial score (nSPS) is 10.8. The van der Waals surface area contributed by atoms with Crippen molar-refractivity contribution in [1.29, 1.82) is 0 Å². The van der Waals surface area contributed by atoms with E-state index in [0.29, 0.717) is 11.4 Å². The van der Waals surface area contributed by atoms with Crippen LogP contribution in [0.3, 0.4) is 0 Å². The number of rotatable bonds is 7. The van der Waals surface area contributed by atoms with Gasteiger partial charge in [-0.1, -0.05) is 100 Å². The van der Waals surface area contributed by atoms with Crippen LogP contribution in [0.2, 0.25) is 0 Å². The van der Waals surface area contributed by atoms with Gasteiger partial charge in [-0.15, -0.1) is 5.10 Å². The average Bonchev–Trinajstić information content (AvgIpc) is 3.38. The molecule has 0 fully saturated rings. The fourth-order valence-corrected chi connectivity index (χ4v) is 4.07. The van der Waals surface area contributed by atoms with Crippen LogP contribution < -0.4 is 0 Å². The second-order valence-electron chi connectivity index (χ2n) is 8.46. The lowest BCUT2D eigenvalue weighted by Gasteiger charge is -2.06. The monoisotopic (exact) mass is 551 g/mol. The molecule has 5 aromatic rings. The molecule has 5 rings (SSSR count). The summed E-state index contributed by atoms with van der Waals surface area (Å²) in [5.74, 6) is -0.694. The second kappa shape index (κ2) is 10.7. The Morgan fingerprint density at radius 2 is 1.41 bits per heavy atom. The molecular weight excluding hydrogens is 530 g/mol. The van der Waals surface area contributed by atoms with Gasteiger partial charge in [-0.25, -0.2) is 14.5 Å². The Bertz CT molecular complexity index is 1480. The molecule has 0 aliphatic heterocycles. The molecule has 0 saturated heterocycles. The highest BCUT2D eigenvalue weighted by atomic mass is 79.9. The van der Waals surface area contributed by atoms with Gasteiger partial charge in [0.25, 0.3) is 5.82 Å². The number of nitrogens with zero attached hydrogens (tertiary/aromatic N) is 3. The zero-order valence-electron chi connectivity index (χ0n) is 20.0. The van der Waals surface area contributed by atoms with Gasteiger partial charge in [-0.3, -0.25) is 4.79 Å². The molecule has 1 heterocycles. The fourth-order valence-electron chi connectivity index (χ4n) is 3.81. The number of aryl methyl sites for hydroxylation is 1. The predicted molar refractivity (Wildman–Crippen MR) is 146 cm³/mol. The zero-order chi connectivity index (χ0) is 25.8. The Labute approximate surface area is 222 Å². The summed E-state index contributed by atoms with van der Waals surface area (Å²) in [6.07, 6.45) is 0. The van der Waals surface area contributed by atoms with Crippen molar-refractivity contribution in [2.75, 3.05) is 6.61 Å². The molecular formula is C30H22BrN3O3. The number of carbonyl (C=O) groups is 2. The molecule has 0 spiro atoms. The third kappa shape index (κ3) is 5.57. The van der Waals surface area contributed by atoms with Crippen LogP contribution in [-0.4, -0.2) is 33.1 Å². The predicted octanol–water partition coefficient (Wildman–Crippen LogP) is 6.71. The Hall–Kier alpha value is -4.36. The highest BCUT2D eigenvalue weighted by Crippen LogP contribution is 2.24. The molecule has 0 amide bonds. The van der Waals surface area contributed by atoms with Gasteiger partial charge in [0.15, 0.2) is 18.2 Å². The number of benzene rings is 4. The number of Topliss-reactive ketones (excluding diaryl/α,β-unsaturated/α-hetero) is 1. The molecule has 0 aliphatic rings. The summed E-state index contributed by atoms with van der Waals surface area (Å²) in [5.41, 5.74) is 5.16. The maximum Gasteiger partial charge on any atom is 0.378 e. The lowest BCUT2D eigenvalue weighted by molar-refractivity contribution is 0.0462. The zero-order valence-corrected chi connectivity index (χ0v) is 21.6. The van der Waals surface area contributed by atoms with Crippen LogP contribution in [-0.2, 0) is 4.74 Å². The van der Waals surface area contributed by atoms with Crippen LogP contribution in [0.4, 0.5) is 0 Å².